The molecule has 1 atom stereocenters. The molecule has 1 aromatic carbocycles. The third-order valence-corrected chi connectivity index (χ3v) is 4.29. The van der Waals surface area contributed by atoms with E-state index in [4.69, 9.17) is 27.9 Å². The highest BCUT2D eigenvalue weighted by molar-refractivity contribution is 6.36. The first-order chi connectivity index (χ1) is 13.8. The molecular weight excluding hydrogens is 417 g/mol. The molecule has 2 aromatic heterocycles. The first-order valence-corrected chi connectivity index (χ1v) is 9.26. The van der Waals surface area contributed by atoms with E-state index in [1.165, 1.54) is 19.2 Å². The Bertz CT molecular complexity index is 1050. The SMILES string of the molecule is C[C@H](OC(=O)c1cccc(Nc2cnn(C)c2)c1)C(=O)Nc1ncc(Cl)cc1Cl. The lowest BCUT2D eigenvalue weighted by atomic mass is 10.2. The van der Waals surface area contributed by atoms with Crippen LogP contribution in [-0.2, 0) is 16.6 Å². The van der Waals surface area contributed by atoms with Crippen molar-refractivity contribution in [3.8, 4) is 0 Å². The summed E-state index contributed by atoms with van der Waals surface area (Å²) in [4.78, 5) is 28.7. The largest absolute Gasteiger partial charge is 0.449 e. The zero-order valence-corrected chi connectivity index (χ0v) is 17.0. The molecule has 0 radical (unpaired) electrons. The Morgan fingerprint density at radius 3 is 2.66 bits per heavy atom. The van der Waals surface area contributed by atoms with Crippen molar-refractivity contribution < 1.29 is 14.3 Å². The molecule has 0 fully saturated rings. The Morgan fingerprint density at radius 1 is 1.17 bits per heavy atom. The summed E-state index contributed by atoms with van der Waals surface area (Å²) >= 11 is 11.8. The molecule has 0 saturated heterocycles. The van der Waals surface area contributed by atoms with Gasteiger partial charge in [-0.2, -0.15) is 5.10 Å². The van der Waals surface area contributed by atoms with Crippen molar-refractivity contribution >= 4 is 52.3 Å². The number of nitrogens with one attached hydrogen (secondary N) is 2. The Kier molecular flexibility index (Phi) is 6.36. The third-order valence-electron chi connectivity index (χ3n) is 3.79. The topological polar surface area (TPSA) is 98.1 Å². The molecule has 0 saturated carbocycles. The first-order valence-electron chi connectivity index (χ1n) is 8.50. The van der Waals surface area contributed by atoms with E-state index in [1.54, 1.807) is 48.4 Å². The number of halogens is 2. The fourth-order valence-corrected chi connectivity index (χ4v) is 2.81. The first kappa shape index (κ1) is 20.6. The van der Waals surface area contributed by atoms with Gasteiger partial charge in [-0.1, -0.05) is 29.3 Å². The Balaban J connectivity index is 1.63. The second-order valence-electron chi connectivity index (χ2n) is 6.13. The van der Waals surface area contributed by atoms with Crippen LogP contribution in [0.1, 0.15) is 17.3 Å². The number of benzene rings is 1. The van der Waals surface area contributed by atoms with Gasteiger partial charge in [0.1, 0.15) is 0 Å². The average molecular weight is 434 g/mol. The highest BCUT2D eigenvalue weighted by Crippen LogP contribution is 2.23. The number of hydrogen-bond acceptors (Lipinski definition) is 6. The lowest BCUT2D eigenvalue weighted by molar-refractivity contribution is -0.123. The number of aryl methyl sites for hydroxylation is 1. The summed E-state index contributed by atoms with van der Waals surface area (Å²) in [6, 6.07) is 8.17. The van der Waals surface area contributed by atoms with Crippen LogP contribution in [0.2, 0.25) is 10.0 Å². The summed E-state index contributed by atoms with van der Waals surface area (Å²) < 4.78 is 6.91. The number of carbonyl (C=O) groups is 2. The summed E-state index contributed by atoms with van der Waals surface area (Å²) in [6.45, 7) is 1.45. The van der Waals surface area contributed by atoms with Crippen molar-refractivity contribution in [2.45, 2.75) is 13.0 Å². The van der Waals surface area contributed by atoms with E-state index in [1.807, 2.05) is 0 Å². The van der Waals surface area contributed by atoms with Gasteiger partial charge in [-0.15, -0.1) is 0 Å². The minimum Gasteiger partial charge on any atom is -0.449 e. The van der Waals surface area contributed by atoms with E-state index in [0.29, 0.717) is 16.3 Å². The fourth-order valence-electron chi connectivity index (χ4n) is 2.38. The van der Waals surface area contributed by atoms with Gasteiger partial charge in [0.25, 0.3) is 5.91 Å². The van der Waals surface area contributed by atoms with Crippen molar-refractivity contribution in [3.05, 3.63) is 64.5 Å². The Morgan fingerprint density at radius 2 is 1.97 bits per heavy atom. The van der Waals surface area contributed by atoms with Crippen LogP contribution in [0.4, 0.5) is 17.2 Å². The number of esters is 1. The van der Waals surface area contributed by atoms with Crippen molar-refractivity contribution in [1.29, 1.82) is 0 Å². The van der Waals surface area contributed by atoms with E-state index >= 15 is 0 Å². The van der Waals surface area contributed by atoms with E-state index in [2.05, 4.69) is 20.7 Å². The molecule has 2 N–H and O–H groups in total. The van der Waals surface area contributed by atoms with E-state index in [9.17, 15) is 9.59 Å². The van der Waals surface area contributed by atoms with Crippen LogP contribution in [0, 0.1) is 0 Å². The van der Waals surface area contributed by atoms with Gasteiger partial charge < -0.3 is 15.4 Å². The number of aromatic nitrogens is 3. The van der Waals surface area contributed by atoms with Crippen LogP contribution in [0.5, 0.6) is 0 Å². The van der Waals surface area contributed by atoms with Gasteiger partial charge in [-0.05, 0) is 31.2 Å². The summed E-state index contributed by atoms with van der Waals surface area (Å²) in [7, 11) is 1.80. The van der Waals surface area contributed by atoms with Gasteiger partial charge in [-0.3, -0.25) is 9.48 Å². The van der Waals surface area contributed by atoms with Crippen molar-refractivity contribution in [1.82, 2.24) is 14.8 Å². The quantitative estimate of drug-likeness (QED) is 0.568. The van der Waals surface area contributed by atoms with Crippen LogP contribution < -0.4 is 10.6 Å². The summed E-state index contributed by atoms with van der Waals surface area (Å²) in [5.74, 6) is -1.08. The molecule has 3 rings (SSSR count). The highest BCUT2D eigenvalue weighted by Gasteiger charge is 2.20. The molecule has 1 amide bonds. The monoisotopic (exact) mass is 433 g/mol. The smallest absolute Gasteiger partial charge is 0.338 e. The maximum absolute atomic E-state index is 12.4. The summed E-state index contributed by atoms with van der Waals surface area (Å²) in [6.07, 6.45) is 3.74. The average Bonchev–Trinajstić information content (AvgIpc) is 3.08. The lowest BCUT2D eigenvalue weighted by Crippen LogP contribution is -2.30. The zero-order valence-electron chi connectivity index (χ0n) is 15.5. The molecule has 2 heterocycles. The van der Waals surface area contributed by atoms with Crippen LogP contribution in [0.3, 0.4) is 0 Å². The second kappa shape index (κ2) is 8.93. The molecule has 0 aliphatic heterocycles. The number of carbonyl (C=O) groups excluding carboxylic acids is 2. The van der Waals surface area contributed by atoms with Crippen LogP contribution in [0.15, 0.2) is 48.9 Å². The van der Waals surface area contributed by atoms with Crippen molar-refractivity contribution in [2.75, 3.05) is 10.6 Å². The van der Waals surface area contributed by atoms with Crippen LogP contribution in [-0.4, -0.2) is 32.7 Å². The lowest BCUT2D eigenvalue weighted by Gasteiger charge is -2.14. The molecule has 10 heteroatoms. The van der Waals surface area contributed by atoms with Crippen molar-refractivity contribution in [3.63, 3.8) is 0 Å². The van der Waals surface area contributed by atoms with E-state index in [0.717, 1.165) is 5.69 Å². The molecule has 3 aromatic rings. The molecule has 0 bridgehead atoms. The number of anilines is 3. The molecule has 0 unspecified atom stereocenters. The maximum atomic E-state index is 12.4. The normalized spacial score (nSPS) is 11.6. The summed E-state index contributed by atoms with van der Waals surface area (Å²) in [5.41, 5.74) is 1.75. The minimum absolute atomic E-state index is 0.131. The predicted molar refractivity (Wildman–Crippen MR) is 111 cm³/mol. The molecule has 29 heavy (non-hydrogen) atoms. The van der Waals surface area contributed by atoms with Gasteiger partial charge in [0.15, 0.2) is 11.9 Å². The molecule has 150 valence electrons. The van der Waals surface area contributed by atoms with Crippen LogP contribution in [0.25, 0.3) is 0 Å². The standard InChI is InChI=1S/C19H17Cl2N5O3/c1-11(18(27)25-17-16(21)7-13(20)8-22-17)29-19(28)12-4-3-5-14(6-12)24-15-9-23-26(2)10-15/h3-11,24H,1-2H3,(H,22,25,27)/t11-/m0/s1. The predicted octanol–water partition coefficient (Wildman–Crippen LogP) is 4.05. The molecular formula is C19H17Cl2N5O3. The maximum Gasteiger partial charge on any atom is 0.338 e. The second-order valence-corrected chi connectivity index (χ2v) is 6.97. The molecule has 0 aliphatic rings. The minimum atomic E-state index is -1.06. The molecule has 0 aliphatic carbocycles. The molecule has 0 spiro atoms. The number of rotatable bonds is 6. The molecule has 8 nitrogen and oxygen atoms in total. The third kappa shape index (κ3) is 5.46. The van der Waals surface area contributed by atoms with Gasteiger partial charge in [0.05, 0.1) is 27.5 Å². The summed E-state index contributed by atoms with van der Waals surface area (Å²) in [5, 5.41) is 10.2. The fraction of sp³-hybridized carbons (Fsp3) is 0.158. The number of ether oxygens (including phenoxy) is 1. The number of amides is 1. The van der Waals surface area contributed by atoms with Gasteiger partial charge >= 0.3 is 5.97 Å². The number of pyridine rings is 1. The van der Waals surface area contributed by atoms with Crippen molar-refractivity contribution in [2.24, 2.45) is 7.05 Å². The zero-order chi connectivity index (χ0) is 21.0. The van der Waals surface area contributed by atoms with E-state index < -0.39 is 18.0 Å². The van der Waals surface area contributed by atoms with Crippen LogP contribution >= 0.6 is 23.2 Å². The van der Waals surface area contributed by atoms with Gasteiger partial charge in [0, 0.05) is 25.1 Å². The number of hydrogen-bond donors (Lipinski definition) is 2. The highest BCUT2D eigenvalue weighted by atomic mass is 35.5. The van der Waals surface area contributed by atoms with Gasteiger partial charge in [0.2, 0.25) is 0 Å². The van der Waals surface area contributed by atoms with E-state index in [-0.39, 0.29) is 10.8 Å². The Labute approximate surface area is 176 Å². The number of nitrogens with zero attached hydrogens (tertiary/aromatic N) is 3. The van der Waals surface area contributed by atoms with Gasteiger partial charge in [-0.25, -0.2) is 9.78 Å². The Hall–Kier alpha value is -3.10.